The van der Waals surface area contributed by atoms with Gasteiger partial charge in [0.05, 0.1) is 13.0 Å². The molecule has 2 aliphatic heterocycles. The molecule has 37 heavy (non-hydrogen) atoms. The maximum atomic E-state index is 13.1. The molecule has 194 valence electrons. The smallest absolute Gasteiger partial charge is 0.471 e. The van der Waals surface area contributed by atoms with E-state index in [4.69, 9.17) is 4.74 Å². The van der Waals surface area contributed by atoms with Crippen LogP contribution < -0.4 is 14.5 Å². The number of carbonyl (C=O) groups excluding carboxylic acids is 2. The molecular formula is C24H23F3N6O4. The van der Waals surface area contributed by atoms with Gasteiger partial charge in [0, 0.05) is 62.7 Å². The van der Waals surface area contributed by atoms with Crippen LogP contribution in [0.2, 0.25) is 0 Å². The lowest BCUT2D eigenvalue weighted by Crippen LogP contribution is -2.51. The van der Waals surface area contributed by atoms with E-state index in [1.54, 1.807) is 47.2 Å². The SMILES string of the molecule is COc1cccc(N2CC(C(=O)N3CCN(c4ccc(-c5noc(C(F)(F)F)n5)cn4)CC3)CC2=O)c1. The number of piperazine rings is 1. The van der Waals surface area contributed by atoms with Crippen molar-refractivity contribution in [1.82, 2.24) is 20.0 Å². The molecule has 2 aromatic heterocycles. The predicted molar refractivity (Wildman–Crippen MR) is 125 cm³/mol. The number of methoxy groups -OCH3 is 1. The third kappa shape index (κ3) is 5.06. The summed E-state index contributed by atoms with van der Waals surface area (Å²) >= 11 is 0. The molecule has 1 atom stereocenters. The Morgan fingerprint density at radius 2 is 1.92 bits per heavy atom. The van der Waals surface area contributed by atoms with E-state index in [0.717, 1.165) is 0 Å². The molecular weight excluding hydrogens is 493 g/mol. The van der Waals surface area contributed by atoms with Crippen LogP contribution in [0.15, 0.2) is 47.1 Å². The van der Waals surface area contributed by atoms with E-state index in [2.05, 4.69) is 19.6 Å². The van der Waals surface area contributed by atoms with Crippen LogP contribution in [-0.4, -0.2) is 71.7 Å². The minimum atomic E-state index is -4.71. The molecule has 0 aliphatic carbocycles. The van der Waals surface area contributed by atoms with Crippen LogP contribution in [-0.2, 0) is 15.8 Å². The highest BCUT2D eigenvalue weighted by Crippen LogP contribution is 2.31. The number of benzene rings is 1. The van der Waals surface area contributed by atoms with Gasteiger partial charge in [-0.25, -0.2) is 4.98 Å². The minimum Gasteiger partial charge on any atom is -0.497 e. The van der Waals surface area contributed by atoms with E-state index in [1.807, 2.05) is 11.0 Å². The van der Waals surface area contributed by atoms with Crippen LogP contribution in [0, 0.1) is 5.92 Å². The molecule has 10 nitrogen and oxygen atoms in total. The first-order chi connectivity index (χ1) is 17.7. The number of nitrogens with zero attached hydrogens (tertiary/aromatic N) is 6. The number of pyridine rings is 1. The fraction of sp³-hybridized carbons (Fsp3) is 0.375. The second-order valence-corrected chi connectivity index (χ2v) is 8.75. The minimum absolute atomic E-state index is 0.0562. The lowest BCUT2D eigenvalue weighted by Gasteiger charge is -2.36. The molecule has 2 aliphatic rings. The number of anilines is 2. The third-order valence-corrected chi connectivity index (χ3v) is 6.43. The monoisotopic (exact) mass is 516 g/mol. The molecule has 13 heteroatoms. The van der Waals surface area contributed by atoms with E-state index < -0.39 is 18.0 Å². The zero-order chi connectivity index (χ0) is 26.2. The van der Waals surface area contributed by atoms with Gasteiger partial charge in [-0.05, 0) is 24.3 Å². The van der Waals surface area contributed by atoms with Crippen molar-refractivity contribution in [2.24, 2.45) is 5.92 Å². The molecule has 1 aromatic carbocycles. The van der Waals surface area contributed by atoms with Gasteiger partial charge >= 0.3 is 12.1 Å². The Hall–Kier alpha value is -4.16. The van der Waals surface area contributed by atoms with Crippen LogP contribution in [0.5, 0.6) is 5.75 Å². The lowest BCUT2D eigenvalue weighted by atomic mass is 10.1. The van der Waals surface area contributed by atoms with Crippen molar-refractivity contribution in [1.29, 1.82) is 0 Å². The molecule has 0 spiro atoms. The molecule has 1 unspecified atom stereocenters. The Kier molecular flexibility index (Phi) is 6.44. The van der Waals surface area contributed by atoms with Crippen molar-refractivity contribution in [3.8, 4) is 17.1 Å². The number of amides is 2. The summed E-state index contributed by atoms with van der Waals surface area (Å²) in [7, 11) is 1.56. The Morgan fingerprint density at radius 1 is 1.14 bits per heavy atom. The van der Waals surface area contributed by atoms with Crippen LogP contribution in [0.25, 0.3) is 11.4 Å². The van der Waals surface area contributed by atoms with E-state index in [9.17, 15) is 22.8 Å². The van der Waals surface area contributed by atoms with E-state index in [1.165, 1.54) is 6.20 Å². The fourth-order valence-corrected chi connectivity index (χ4v) is 4.48. The van der Waals surface area contributed by atoms with Crippen LogP contribution in [0.4, 0.5) is 24.7 Å². The topological polar surface area (TPSA) is 105 Å². The Labute approximate surface area is 209 Å². The summed E-state index contributed by atoms with van der Waals surface area (Å²) in [4.78, 5) is 38.8. The van der Waals surface area contributed by atoms with Gasteiger partial charge in [0.2, 0.25) is 17.6 Å². The Balaban J connectivity index is 1.17. The molecule has 2 fully saturated rings. The molecule has 0 N–H and O–H groups in total. The first-order valence-electron chi connectivity index (χ1n) is 11.6. The number of ether oxygens (including phenoxy) is 1. The summed E-state index contributed by atoms with van der Waals surface area (Å²) in [6.07, 6.45) is -3.17. The van der Waals surface area contributed by atoms with Crippen molar-refractivity contribution in [3.05, 3.63) is 48.5 Å². The molecule has 0 radical (unpaired) electrons. The average Bonchev–Trinajstić information content (AvgIpc) is 3.56. The van der Waals surface area contributed by atoms with E-state index in [0.29, 0.717) is 55.5 Å². The zero-order valence-electron chi connectivity index (χ0n) is 19.8. The van der Waals surface area contributed by atoms with Crippen molar-refractivity contribution in [3.63, 3.8) is 0 Å². The van der Waals surface area contributed by atoms with Crippen molar-refractivity contribution in [2.45, 2.75) is 12.6 Å². The molecule has 0 saturated carbocycles. The summed E-state index contributed by atoms with van der Waals surface area (Å²) < 4.78 is 47.6. The number of aromatic nitrogens is 3. The van der Waals surface area contributed by atoms with Crippen molar-refractivity contribution in [2.75, 3.05) is 49.6 Å². The highest BCUT2D eigenvalue weighted by Gasteiger charge is 2.39. The highest BCUT2D eigenvalue weighted by molar-refractivity contribution is 6.00. The second-order valence-electron chi connectivity index (χ2n) is 8.75. The number of halogens is 3. The van der Waals surface area contributed by atoms with Gasteiger partial charge in [0.25, 0.3) is 0 Å². The fourth-order valence-electron chi connectivity index (χ4n) is 4.48. The normalized spacial score (nSPS) is 18.4. The van der Waals surface area contributed by atoms with E-state index >= 15 is 0 Å². The summed E-state index contributed by atoms with van der Waals surface area (Å²) in [6, 6.07) is 10.4. The van der Waals surface area contributed by atoms with Gasteiger partial charge in [0.1, 0.15) is 11.6 Å². The number of hydrogen-bond acceptors (Lipinski definition) is 8. The summed E-state index contributed by atoms with van der Waals surface area (Å²) in [6.45, 7) is 2.30. The Morgan fingerprint density at radius 3 is 2.57 bits per heavy atom. The van der Waals surface area contributed by atoms with Gasteiger partial charge in [-0.1, -0.05) is 11.2 Å². The summed E-state index contributed by atoms with van der Waals surface area (Å²) in [5, 5.41) is 3.36. The largest absolute Gasteiger partial charge is 0.497 e. The van der Waals surface area contributed by atoms with E-state index in [-0.39, 0.29) is 24.1 Å². The molecule has 0 bridgehead atoms. The molecule has 5 rings (SSSR count). The van der Waals surface area contributed by atoms with Gasteiger partial charge in [-0.3, -0.25) is 9.59 Å². The highest BCUT2D eigenvalue weighted by atomic mass is 19.4. The summed E-state index contributed by atoms with van der Waals surface area (Å²) in [5.74, 6) is -0.923. The first kappa shape index (κ1) is 24.5. The second kappa shape index (κ2) is 9.71. The average molecular weight is 516 g/mol. The lowest BCUT2D eigenvalue weighted by molar-refractivity contribution is -0.159. The van der Waals surface area contributed by atoms with Gasteiger partial charge in [0.15, 0.2) is 0 Å². The Bertz CT molecular complexity index is 1290. The quantitative estimate of drug-likeness (QED) is 0.510. The van der Waals surface area contributed by atoms with Crippen molar-refractivity contribution >= 4 is 23.3 Å². The molecule has 2 amide bonds. The van der Waals surface area contributed by atoms with Gasteiger partial charge < -0.3 is 24.0 Å². The third-order valence-electron chi connectivity index (χ3n) is 6.43. The first-order valence-corrected chi connectivity index (χ1v) is 11.6. The van der Waals surface area contributed by atoms with Crippen LogP contribution in [0.3, 0.4) is 0 Å². The molecule has 4 heterocycles. The van der Waals surface area contributed by atoms with Crippen molar-refractivity contribution < 1.29 is 32.0 Å². The molecule has 2 saturated heterocycles. The van der Waals surface area contributed by atoms with Crippen LogP contribution in [0.1, 0.15) is 12.3 Å². The zero-order valence-corrected chi connectivity index (χ0v) is 19.8. The number of hydrogen-bond donors (Lipinski definition) is 0. The van der Waals surface area contributed by atoms with Crippen LogP contribution >= 0.6 is 0 Å². The maximum Gasteiger partial charge on any atom is 0.471 e. The number of carbonyl (C=O) groups is 2. The van der Waals surface area contributed by atoms with Gasteiger partial charge in [-0.2, -0.15) is 18.2 Å². The predicted octanol–water partition coefficient (Wildman–Crippen LogP) is 2.86. The number of rotatable bonds is 5. The summed E-state index contributed by atoms with van der Waals surface area (Å²) in [5.41, 5.74) is 0.998. The maximum absolute atomic E-state index is 13.1. The number of alkyl halides is 3. The standard InChI is InChI=1S/C24H23F3N6O4/c1-36-18-4-2-3-17(12-18)33-14-16(11-20(33)34)22(35)32-9-7-31(8-10-32)19-6-5-15(13-28-19)21-29-23(37-30-21)24(25,26)27/h2-6,12-13,16H,7-11,14H2,1H3. The molecule has 3 aromatic rings. The van der Waals surface area contributed by atoms with Gasteiger partial charge in [-0.15, -0.1) is 0 Å².